The summed E-state index contributed by atoms with van der Waals surface area (Å²) in [5.74, 6) is 1.78. The van der Waals surface area contributed by atoms with Crippen LogP contribution in [-0.2, 0) is 4.79 Å². The Balaban J connectivity index is 1.19. The van der Waals surface area contributed by atoms with E-state index in [-0.39, 0.29) is 30.0 Å². The van der Waals surface area contributed by atoms with Crippen LogP contribution in [0.2, 0.25) is 5.02 Å². The van der Waals surface area contributed by atoms with E-state index in [4.69, 9.17) is 21.3 Å². The molecular formula is C28H21ClN8O3. The lowest BCUT2D eigenvalue weighted by atomic mass is 10.0. The highest BCUT2D eigenvalue weighted by Crippen LogP contribution is 2.60. The van der Waals surface area contributed by atoms with Gasteiger partial charge in [-0.1, -0.05) is 17.7 Å². The molecule has 198 valence electrons. The molecule has 0 saturated heterocycles. The third kappa shape index (κ3) is 3.51. The Morgan fingerprint density at radius 2 is 1.98 bits per heavy atom. The molecule has 2 aliphatic heterocycles. The molecular weight excluding hydrogens is 532 g/mol. The van der Waals surface area contributed by atoms with Gasteiger partial charge in [0, 0.05) is 33.8 Å². The molecule has 5 aromatic rings. The van der Waals surface area contributed by atoms with Gasteiger partial charge in [-0.2, -0.15) is 4.68 Å². The summed E-state index contributed by atoms with van der Waals surface area (Å²) in [5, 5.41) is 14.9. The first kappa shape index (κ1) is 23.1. The number of hydrogen-bond acceptors (Lipinski definition) is 7. The number of halogens is 1. The second-order valence-electron chi connectivity index (χ2n) is 10.4. The zero-order chi connectivity index (χ0) is 27.1. The SMILES string of the molecule is Cc1nc([C@@H]2[C@H]3C[C@H]3c3cc(-c4cc(Cl)ccc4-n4cnnn4)cc(=O)n32)[nH]c1-c1ccc2c(c1)OCC(=O)N2. The van der Waals surface area contributed by atoms with Crippen LogP contribution in [0.25, 0.3) is 28.1 Å². The fourth-order valence-electron chi connectivity index (χ4n) is 6.10. The van der Waals surface area contributed by atoms with Crippen LogP contribution in [-0.4, -0.2) is 47.3 Å². The van der Waals surface area contributed by atoms with E-state index in [1.807, 2.05) is 41.8 Å². The average molecular weight is 553 g/mol. The Labute approximate surface area is 231 Å². The van der Waals surface area contributed by atoms with Gasteiger partial charge in [0.25, 0.3) is 11.5 Å². The van der Waals surface area contributed by atoms with Crippen molar-refractivity contribution in [1.82, 2.24) is 34.7 Å². The van der Waals surface area contributed by atoms with Gasteiger partial charge in [0.1, 0.15) is 17.9 Å². The van der Waals surface area contributed by atoms with Crippen LogP contribution in [0.1, 0.15) is 35.6 Å². The fourth-order valence-corrected chi connectivity index (χ4v) is 6.28. The third-order valence-corrected chi connectivity index (χ3v) is 8.19. The van der Waals surface area contributed by atoms with Gasteiger partial charge >= 0.3 is 0 Å². The summed E-state index contributed by atoms with van der Waals surface area (Å²) in [7, 11) is 0. The third-order valence-electron chi connectivity index (χ3n) is 7.95. The number of aromatic amines is 1. The number of nitrogens with zero attached hydrogens (tertiary/aromatic N) is 6. The lowest BCUT2D eigenvalue weighted by Gasteiger charge is -2.18. The number of hydrogen-bond donors (Lipinski definition) is 2. The minimum absolute atomic E-state index is 0.0110. The maximum Gasteiger partial charge on any atom is 0.262 e. The molecule has 1 aliphatic carbocycles. The lowest BCUT2D eigenvalue weighted by Crippen LogP contribution is -2.26. The van der Waals surface area contributed by atoms with Gasteiger partial charge in [0.2, 0.25) is 0 Å². The highest BCUT2D eigenvalue weighted by atomic mass is 35.5. The summed E-state index contributed by atoms with van der Waals surface area (Å²) in [6, 6.07) is 14.6. The number of imidazole rings is 1. The zero-order valence-corrected chi connectivity index (χ0v) is 21.9. The van der Waals surface area contributed by atoms with Gasteiger partial charge in [-0.15, -0.1) is 5.10 Å². The van der Waals surface area contributed by atoms with E-state index < -0.39 is 0 Å². The Kier molecular flexibility index (Phi) is 4.84. The smallest absolute Gasteiger partial charge is 0.262 e. The molecule has 1 saturated carbocycles. The van der Waals surface area contributed by atoms with Crippen LogP contribution in [0.3, 0.4) is 0 Å². The number of H-pyrrole nitrogens is 1. The van der Waals surface area contributed by atoms with Crippen molar-refractivity contribution in [2.45, 2.75) is 25.3 Å². The van der Waals surface area contributed by atoms with Crippen molar-refractivity contribution in [1.29, 1.82) is 0 Å². The van der Waals surface area contributed by atoms with Crippen molar-refractivity contribution < 1.29 is 9.53 Å². The number of carbonyl (C=O) groups is 1. The Morgan fingerprint density at radius 1 is 1.07 bits per heavy atom. The molecule has 0 unspecified atom stereocenters. The highest BCUT2D eigenvalue weighted by Gasteiger charge is 2.54. The van der Waals surface area contributed by atoms with E-state index in [9.17, 15) is 9.59 Å². The van der Waals surface area contributed by atoms with Crippen LogP contribution in [0, 0.1) is 12.8 Å². The predicted molar refractivity (Wildman–Crippen MR) is 146 cm³/mol. The first-order chi connectivity index (χ1) is 19.4. The maximum atomic E-state index is 13.7. The Morgan fingerprint density at radius 3 is 2.83 bits per heavy atom. The number of rotatable bonds is 4. The number of amides is 1. The summed E-state index contributed by atoms with van der Waals surface area (Å²) >= 11 is 6.36. The summed E-state index contributed by atoms with van der Waals surface area (Å²) in [6.45, 7) is 1.94. The largest absolute Gasteiger partial charge is 0.482 e. The Hall–Kier alpha value is -4.77. The molecule has 3 aromatic heterocycles. The molecule has 11 nitrogen and oxygen atoms in total. The van der Waals surface area contributed by atoms with Gasteiger partial charge in [-0.25, -0.2) is 4.98 Å². The Bertz CT molecular complexity index is 1910. The summed E-state index contributed by atoms with van der Waals surface area (Å²) in [4.78, 5) is 33.7. The molecule has 5 heterocycles. The topological polar surface area (TPSA) is 133 Å². The second kappa shape index (κ2) is 8.36. The fraction of sp³-hybridized carbons (Fsp3) is 0.214. The minimum atomic E-state index is -0.180. The maximum absolute atomic E-state index is 13.7. The molecule has 0 radical (unpaired) electrons. The van der Waals surface area contributed by atoms with E-state index >= 15 is 0 Å². The van der Waals surface area contributed by atoms with Gasteiger partial charge in [-0.3, -0.25) is 9.59 Å². The molecule has 12 heteroatoms. The highest BCUT2D eigenvalue weighted by molar-refractivity contribution is 6.31. The standard InChI is InChI=1S/C28H21ClN8O3/c1-13-26(14-2-4-20-23(7-14)40-11-24(38)32-20)33-28(31-13)27-19-10-18(19)22-6-15(8-25(39)37(22)27)17-9-16(29)3-5-21(17)36-12-30-34-35-36/h2-9,12,18-19,27H,10-11H2,1H3,(H,31,33)(H,32,38)/t18-,19+,27+/m1/s1. The van der Waals surface area contributed by atoms with Crippen molar-refractivity contribution in [3.63, 3.8) is 0 Å². The van der Waals surface area contributed by atoms with Crippen molar-refractivity contribution in [2.75, 3.05) is 11.9 Å². The van der Waals surface area contributed by atoms with Crippen LogP contribution >= 0.6 is 11.6 Å². The molecule has 40 heavy (non-hydrogen) atoms. The normalized spacial score (nSPS) is 20.4. The molecule has 1 fully saturated rings. The molecule has 0 bridgehead atoms. The molecule has 3 atom stereocenters. The summed E-state index contributed by atoms with van der Waals surface area (Å²) in [5.41, 5.74) is 6.42. The number of aryl methyl sites for hydroxylation is 1. The number of anilines is 1. The van der Waals surface area contributed by atoms with Gasteiger partial charge < -0.3 is 19.6 Å². The second-order valence-corrected chi connectivity index (χ2v) is 10.8. The van der Waals surface area contributed by atoms with E-state index in [0.29, 0.717) is 22.4 Å². The van der Waals surface area contributed by atoms with E-state index in [0.717, 1.165) is 51.7 Å². The average Bonchev–Trinajstić information content (AvgIpc) is 3.24. The number of carbonyl (C=O) groups excluding carboxylic acids is 1. The van der Waals surface area contributed by atoms with E-state index in [1.54, 1.807) is 16.8 Å². The molecule has 3 aliphatic rings. The zero-order valence-electron chi connectivity index (χ0n) is 21.1. The van der Waals surface area contributed by atoms with Crippen LogP contribution < -0.4 is 15.6 Å². The number of fused-ring (bicyclic) bond motifs is 4. The first-order valence-electron chi connectivity index (χ1n) is 12.9. The number of aromatic nitrogens is 7. The van der Waals surface area contributed by atoms with Crippen LogP contribution in [0.4, 0.5) is 5.69 Å². The summed E-state index contributed by atoms with van der Waals surface area (Å²) < 4.78 is 9.04. The van der Waals surface area contributed by atoms with E-state index in [2.05, 4.69) is 31.9 Å². The van der Waals surface area contributed by atoms with Crippen molar-refractivity contribution >= 4 is 23.2 Å². The molecule has 8 rings (SSSR count). The lowest BCUT2D eigenvalue weighted by molar-refractivity contribution is -0.118. The van der Waals surface area contributed by atoms with Crippen molar-refractivity contribution in [3.05, 3.63) is 87.4 Å². The van der Waals surface area contributed by atoms with Gasteiger partial charge in [-0.05, 0) is 71.7 Å². The van der Waals surface area contributed by atoms with Crippen molar-refractivity contribution in [2.24, 2.45) is 5.92 Å². The monoisotopic (exact) mass is 552 g/mol. The molecule has 2 N–H and O–H groups in total. The first-order valence-corrected chi connectivity index (χ1v) is 13.3. The number of benzene rings is 2. The number of ether oxygens (including phenoxy) is 1. The molecule has 0 spiro atoms. The number of pyridine rings is 1. The van der Waals surface area contributed by atoms with Crippen molar-refractivity contribution in [3.8, 4) is 33.8 Å². The molecule has 1 amide bonds. The van der Waals surface area contributed by atoms with Gasteiger partial charge in [0.05, 0.1) is 28.8 Å². The number of tetrazole rings is 1. The minimum Gasteiger partial charge on any atom is -0.482 e. The van der Waals surface area contributed by atoms with Crippen LogP contribution in [0.5, 0.6) is 5.75 Å². The van der Waals surface area contributed by atoms with Crippen LogP contribution in [0.15, 0.2) is 59.7 Å². The van der Waals surface area contributed by atoms with Gasteiger partial charge in [0.15, 0.2) is 6.61 Å². The predicted octanol–water partition coefficient (Wildman–Crippen LogP) is 3.88. The van der Waals surface area contributed by atoms with E-state index in [1.165, 1.54) is 6.33 Å². The number of nitrogens with one attached hydrogen (secondary N) is 2. The molecule has 2 aromatic carbocycles. The quantitative estimate of drug-likeness (QED) is 0.346. The summed E-state index contributed by atoms with van der Waals surface area (Å²) in [6.07, 6.45) is 2.51.